The average Bonchev–Trinajstić information content (AvgIpc) is 3.46. The van der Waals surface area contributed by atoms with Crippen LogP contribution in [0, 0.1) is 0 Å². The highest BCUT2D eigenvalue weighted by Gasteiger charge is 2.19. The first kappa shape index (κ1) is 21.6. The van der Waals surface area contributed by atoms with Crippen LogP contribution in [-0.4, -0.2) is 34.7 Å². The van der Waals surface area contributed by atoms with Gasteiger partial charge in [0.1, 0.15) is 5.75 Å². The first-order valence-corrected chi connectivity index (χ1v) is 11.0. The van der Waals surface area contributed by atoms with Gasteiger partial charge in [-0.2, -0.15) is 4.98 Å². The first-order chi connectivity index (χ1) is 15.7. The molecule has 7 heteroatoms. The number of aryl methyl sites for hydroxylation is 2. The van der Waals surface area contributed by atoms with E-state index in [4.69, 9.17) is 9.26 Å². The number of nitrogens with one attached hydrogen (secondary N) is 2. The van der Waals surface area contributed by atoms with Gasteiger partial charge in [0, 0.05) is 48.8 Å². The summed E-state index contributed by atoms with van der Waals surface area (Å²) >= 11 is 0. The number of benzene rings is 2. The molecule has 32 heavy (non-hydrogen) atoms. The van der Waals surface area contributed by atoms with Crippen LogP contribution < -0.4 is 10.1 Å². The highest BCUT2D eigenvalue weighted by atomic mass is 16.5. The number of ether oxygens (including phenoxy) is 1. The highest BCUT2D eigenvalue weighted by molar-refractivity contribution is 5.84. The van der Waals surface area contributed by atoms with Crippen molar-refractivity contribution in [1.29, 1.82) is 0 Å². The highest BCUT2D eigenvalue weighted by Crippen LogP contribution is 2.31. The van der Waals surface area contributed by atoms with Gasteiger partial charge in [-0.05, 0) is 35.7 Å². The molecule has 0 aliphatic heterocycles. The molecule has 0 saturated carbocycles. The molecule has 0 saturated heterocycles. The minimum atomic E-state index is -0.0430. The summed E-state index contributed by atoms with van der Waals surface area (Å²) < 4.78 is 10.5. The zero-order valence-electron chi connectivity index (χ0n) is 18.4. The molecule has 2 heterocycles. The Balaban J connectivity index is 1.47. The fourth-order valence-corrected chi connectivity index (χ4v) is 3.87. The van der Waals surface area contributed by atoms with Crippen molar-refractivity contribution in [2.75, 3.05) is 13.7 Å². The molecule has 7 nitrogen and oxygen atoms in total. The number of hydrogen-bond acceptors (Lipinski definition) is 5. The number of H-pyrrole nitrogens is 1. The van der Waals surface area contributed by atoms with E-state index in [1.54, 1.807) is 7.11 Å². The van der Waals surface area contributed by atoms with Gasteiger partial charge in [-0.1, -0.05) is 42.4 Å². The second-order valence-corrected chi connectivity index (χ2v) is 7.77. The molecule has 2 aromatic carbocycles. The Labute approximate surface area is 187 Å². The smallest absolute Gasteiger partial charge is 0.227 e. The number of hydrogen-bond donors (Lipinski definition) is 2. The van der Waals surface area contributed by atoms with E-state index in [1.165, 1.54) is 0 Å². The molecular formula is C25H28N4O3. The Morgan fingerprint density at radius 1 is 1.16 bits per heavy atom. The molecule has 166 valence electrons. The second-order valence-electron chi connectivity index (χ2n) is 7.77. The van der Waals surface area contributed by atoms with Gasteiger partial charge < -0.3 is 19.6 Å². The summed E-state index contributed by atoms with van der Waals surface area (Å²) in [5.74, 6) is 1.96. The maximum absolute atomic E-state index is 12.6. The quantitative estimate of drug-likeness (QED) is 0.388. The van der Waals surface area contributed by atoms with Gasteiger partial charge in [0.25, 0.3) is 0 Å². The number of carbonyl (C=O) groups is 1. The van der Waals surface area contributed by atoms with Crippen molar-refractivity contribution in [3.05, 3.63) is 77.6 Å². The minimum absolute atomic E-state index is 0.000525. The minimum Gasteiger partial charge on any atom is -0.497 e. The Kier molecular flexibility index (Phi) is 6.84. The number of nitrogens with zero attached hydrogens (tertiary/aromatic N) is 2. The van der Waals surface area contributed by atoms with Crippen molar-refractivity contribution >= 4 is 16.8 Å². The molecule has 4 aromatic rings. The summed E-state index contributed by atoms with van der Waals surface area (Å²) in [5.41, 5.74) is 3.33. The fourth-order valence-electron chi connectivity index (χ4n) is 3.87. The Bertz CT molecular complexity index is 1160. The van der Waals surface area contributed by atoms with Crippen molar-refractivity contribution < 1.29 is 14.1 Å². The molecule has 0 aliphatic carbocycles. The van der Waals surface area contributed by atoms with Gasteiger partial charge in [-0.15, -0.1) is 0 Å². The third kappa shape index (κ3) is 4.99. The Morgan fingerprint density at radius 3 is 2.75 bits per heavy atom. The van der Waals surface area contributed by atoms with E-state index >= 15 is 0 Å². The van der Waals surface area contributed by atoms with Gasteiger partial charge in [-0.25, -0.2) is 0 Å². The van der Waals surface area contributed by atoms with E-state index in [-0.39, 0.29) is 11.8 Å². The van der Waals surface area contributed by atoms with E-state index in [2.05, 4.69) is 39.5 Å². The average molecular weight is 433 g/mol. The lowest BCUT2D eigenvalue weighted by Crippen LogP contribution is -2.29. The Morgan fingerprint density at radius 2 is 1.97 bits per heavy atom. The van der Waals surface area contributed by atoms with E-state index in [9.17, 15) is 4.79 Å². The summed E-state index contributed by atoms with van der Waals surface area (Å²) in [5, 5.41) is 8.18. The van der Waals surface area contributed by atoms with Gasteiger partial charge in [0.05, 0.1) is 7.11 Å². The lowest BCUT2D eigenvalue weighted by Gasteiger charge is -2.18. The number of aromatic nitrogens is 3. The van der Waals surface area contributed by atoms with Crippen LogP contribution in [0.25, 0.3) is 10.9 Å². The van der Waals surface area contributed by atoms with Crippen LogP contribution in [0.2, 0.25) is 0 Å². The van der Waals surface area contributed by atoms with Crippen molar-refractivity contribution in [1.82, 2.24) is 20.4 Å². The third-order valence-corrected chi connectivity index (χ3v) is 5.57. The first-order valence-electron chi connectivity index (χ1n) is 11.0. The third-order valence-electron chi connectivity index (χ3n) is 5.57. The predicted molar refractivity (Wildman–Crippen MR) is 123 cm³/mol. The van der Waals surface area contributed by atoms with E-state index < -0.39 is 0 Å². The number of rotatable bonds is 10. The number of carbonyl (C=O) groups excluding carboxylic acids is 1. The lowest BCUT2D eigenvalue weighted by molar-refractivity contribution is -0.121. The topological polar surface area (TPSA) is 93.0 Å². The van der Waals surface area contributed by atoms with Crippen molar-refractivity contribution in [2.24, 2.45) is 0 Å². The van der Waals surface area contributed by atoms with Crippen LogP contribution in [0.3, 0.4) is 0 Å². The molecular weight excluding hydrogens is 404 g/mol. The summed E-state index contributed by atoms with van der Waals surface area (Å²) in [4.78, 5) is 20.3. The maximum Gasteiger partial charge on any atom is 0.227 e. The zero-order valence-corrected chi connectivity index (χ0v) is 18.4. The van der Waals surface area contributed by atoms with Gasteiger partial charge in [-0.3, -0.25) is 4.79 Å². The lowest BCUT2D eigenvalue weighted by atomic mass is 9.90. The summed E-state index contributed by atoms with van der Waals surface area (Å²) in [6.07, 6.45) is 4.50. The molecule has 1 amide bonds. The molecule has 0 fully saturated rings. The molecule has 1 atom stereocenters. The predicted octanol–water partition coefficient (Wildman–Crippen LogP) is 4.39. The van der Waals surface area contributed by atoms with Crippen molar-refractivity contribution in [2.45, 2.75) is 38.5 Å². The fraction of sp³-hybridized carbons (Fsp3) is 0.320. The molecule has 2 aromatic heterocycles. The molecule has 0 spiro atoms. The number of methoxy groups -OCH3 is 1. The maximum atomic E-state index is 12.6. The van der Waals surface area contributed by atoms with Crippen LogP contribution in [0.5, 0.6) is 5.75 Å². The number of amides is 1. The van der Waals surface area contributed by atoms with Gasteiger partial charge in [0.2, 0.25) is 11.8 Å². The molecule has 2 N–H and O–H groups in total. The van der Waals surface area contributed by atoms with Crippen LogP contribution >= 0.6 is 0 Å². The molecule has 4 rings (SSSR count). The van der Waals surface area contributed by atoms with Crippen LogP contribution in [-0.2, 0) is 17.6 Å². The van der Waals surface area contributed by atoms with Crippen LogP contribution in [0.15, 0.2) is 59.3 Å². The summed E-state index contributed by atoms with van der Waals surface area (Å²) in [6, 6.07) is 16.2. The standard InChI is InChI=1S/C25H28N4O3/c1-3-6-23-28-25(32-29-23)14-13-24(30)27-15-20(17-9-11-18(31-2)12-10-17)21-16-26-22-8-5-4-7-19(21)22/h4-5,7-12,16,20,26H,3,6,13-15H2,1-2H3,(H,27,30). The van der Waals surface area contributed by atoms with E-state index in [0.29, 0.717) is 31.1 Å². The Hall–Kier alpha value is -3.61. The van der Waals surface area contributed by atoms with Gasteiger partial charge in [0.15, 0.2) is 5.82 Å². The number of para-hydroxylation sites is 1. The molecule has 0 bridgehead atoms. The number of aromatic amines is 1. The second kappa shape index (κ2) is 10.1. The van der Waals surface area contributed by atoms with E-state index in [0.717, 1.165) is 40.6 Å². The number of fused-ring (bicyclic) bond motifs is 1. The molecule has 1 unspecified atom stereocenters. The van der Waals surface area contributed by atoms with Crippen LogP contribution in [0.1, 0.15) is 48.5 Å². The normalized spacial score (nSPS) is 12.1. The van der Waals surface area contributed by atoms with E-state index in [1.807, 2.05) is 42.6 Å². The summed E-state index contributed by atoms with van der Waals surface area (Å²) in [7, 11) is 1.65. The molecule has 0 aliphatic rings. The van der Waals surface area contributed by atoms with Crippen molar-refractivity contribution in [3.63, 3.8) is 0 Å². The van der Waals surface area contributed by atoms with Gasteiger partial charge >= 0.3 is 0 Å². The summed E-state index contributed by atoms with van der Waals surface area (Å²) in [6.45, 7) is 2.55. The SMILES string of the molecule is CCCc1noc(CCC(=O)NCC(c2ccc(OC)cc2)c2c[nH]c3ccccc23)n1. The van der Waals surface area contributed by atoms with Crippen LogP contribution in [0.4, 0.5) is 0 Å². The zero-order chi connectivity index (χ0) is 22.3. The van der Waals surface area contributed by atoms with Crippen molar-refractivity contribution in [3.8, 4) is 5.75 Å². The molecule has 0 radical (unpaired) electrons. The monoisotopic (exact) mass is 432 g/mol. The largest absolute Gasteiger partial charge is 0.497 e.